The molecule has 5 heteroatoms. The summed E-state index contributed by atoms with van der Waals surface area (Å²) in [6.45, 7) is 3.61. The van der Waals surface area contributed by atoms with Gasteiger partial charge in [-0.3, -0.25) is 9.69 Å². The summed E-state index contributed by atoms with van der Waals surface area (Å²) in [5.74, 6) is -0.0197. The first-order valence-electron chi connectivity index (χ1n) is 9.30. The van der Waals surface area contributed by atoms with E-state index in [1.54, 1.807) is 6.08 Å². The predicted octanol–water partition coefficient (Wildman–Crippen LogP) is 2.44. The average Bonchev–Trinajstić information content (AvgIpc) is 3.14. The Bertz CT molecular complexity index is 807. The third-order valence-corrected chi connectivity index (χ3v) is 5.08. The summed E-state index contributed by atoms with van der Waals surface area (Å²) in [5.41, 5.74) is 2.58. The van der Waals surface area contributed by atoms with Gasteiger partial charge in [0, 0.05) is 31.3 Å². The van der Waals surface area contributed by atoms with Crippen LogP contribution in [0.4, 0.5) is 0 Å². The van der Waals surface area contributed by atoms with Crippen molar-refractivity contribution in [2.75, 3.05) is 32.8 Å². The highest BCUT2D eigenvalue weighted by molar-refractivity contribution is 5.91. The van der Waals surface area contributed by atoms with Crippen molar-refractivity contribution in [3.05, 3.63) is 83.4 Å². The highest BCUT2D eigenvalue weighted by Crippen LogP contribution is 2.35. The number of carbonyl (C=O) groups is 1. The highest BCUT2D eigenvalue weighted by Gasteiger charge is 2.43. The molecule has 0 bridgehead atoms. The zero-order valence-corrected chi connectivity index (χ0v) is 15.3. The lowest BCUT2D eigenvalue weighted by molar-refractivity contribution is -0.231. The number of hydrogen-bond acceptors (Lipinski definition) is 4. The Kier molecular flexibility index (Phi) is 5.34. The average molecular weight is 364 g/mol. The summed E-state index contributed by atoms with van der Waals surface area (Å²) in [6.07, 6.45) is 1.70. The third kappa shape index (κ3) is 3.95. The van der Waals surface area contributed by atoms with E-state index in [1.807, 2.05) is 36.4 Å². The smallest absolute Gasteiger partial charge is 0.244 e. The molecule has 0 unspecified atom stereocenters. The van der Waals surface area contributed by atoms with E-state index in [2.05, 4.69) is 34.5 Å². The largest absolute Gasteiger partial charge is 0.375 e. The maximum atomic E-state index is 11.6. The molecule has 140 valence electrons. The number of morpholine rings is 1. The molecule has 1 saturated heterocycles. The summed E-state index contributed by atoms with van der Waals surface area (Å²) in [7, 11) is 0. The van der Waals surface area contributed by atoms with Gasteiger partial charge in [0.15, 0.2) is 5.72 Å². The Morgan fingerprint density at radius 2 is 1.81 bits per heavy atom. The normalized spacial score (nSPS) is 23.1. The first-order valence-corrected chi connectivity index (χ1v) is 9.30. The Balaban J connectivity index is 1.64. The van der Waals surface area contributed by atoms with Crippen LogP contribution in [-0.4, -0.2) is 43.7 Å². The topological polar surface area (TPSA) is 50.8 Å². The van der Waals surface area contributed by atoms with Crippen molar-refractivity contribution < 1.29 is 14.3 Å². The summed E-state index contributed by atoms with van der Waals surface area (Å²) >= 11 is 0. The molecule has 2 aromatic rings. The Morgan fingerprint density at radius 1 is 1.07 bits per heavy atom. The van der Waals surface area contributed by atoms with Crippen molar-refractivity contribution in [2.24, 2.45) is 0 Å². The van der Waals surface area contributed by atoms with Crippen molar-refractivity contribution in [2.45, 2.75) is 12.3 Å². The van der Waals surface area contributed by atoms with Gasteiger partial charge < -0.3 is 14.8 Å². The zero-order valence-electron chi connectivity index (χ0n) is 15.3. The number of amides is 1. The SMILES string of the molecule is O=C1C=C(CN2CCOC[C@@]2(OCc2ccccc2)c2ccccc2)CN1. The van der Waals surface area contributed by atoms with Gasteiger partial charge in [-0.25, -0.2) is 0 Å². The molecule has 27 heavy (non-hydrogen) atoms. The molecular formula is C22H24N2O3. The first-order chi connectivity index (χ1) is 13.3. The van der Waals surface area contributed by atoms with Crippen LogP contribution in [0, 0.1) is 0 Å². The highest BCUT2D eigenvalue weighted by atomic mass is 16.6. The molecule has 2 heterocycles. The van der Waals surface area contributed by atoms with E-state index < -0.39 is 5.72 Å². The molecule has 2 aromatic carbocycles. The van der Waals surface area contributed by atoms with E-state index in [0.29, 0.717) is 32.9 Å². The lowest BCUT2D eigenvalue weighted by atomic mass is 9.99. The molecule has 4 rings (SSSR count). The minimum atomic E-state index is -0.679. The van der Waals surface area contributed by atoms with E-state index in [4.69, 9.17) is 9.47 Å². The molecule has 1 amide bonds. The molecule has 1 N–H and O–H groups in total. The van der Waals surface area contributed by atoms with E-state index in [-0.39, 0.29) is 5.91 Å². The van der Waals surface area contributed by atoms with Gasteiger partial charge in [0.2, 0.25) is 5.91 Å². The molecule has 5 nitrogen and oxygen atoms in total. The third-order valence-electron chi connectivity index (χ3n) is 5.08. The molecule has 1 fully saturated rings. The van der Waals surface area contributed by atoms with Gasteiger partial charge in [0.05, 0.1) is 19.8 Å². The number of nitrogens with one attached hydrogen (secondary N) is 1. The number of rotatable bonds is 6. The molecule has 2 aliphatic heterocycles. The van der Waals surface area contributed by atoms with Gasteiger partial charge in [-0.05, 0) is 11.1 Å². The van der Waals surface area contributed by atoms with Gasteiger partial charge in [-0.1, -0.05) is 60.7 Å². The second kappa shape index (κ2) is 8.05. The molecular weight excluding hydrogens is 340 g/mol. The fraction of sp³-hybridized carbons (Fsp3) is 0.318. The van der Waals surface area contributed by atoms with Gasteiger partial charge >= 0.3 is 0 Å². The first kappa shape index (κ1) is 17.9. The summed E-state index contributed by atoms with van der Waals surface area (Å²) in [5, 5.41) is 2.85. The van der Waals surface area contributed by atoms with Crippen LogP contribution in [0.15, 0.2) is 72.3 Å². The molecule has 0 aliphatic carbocycles. The molecule has 1 atom stereocenters. The van der Waals surface area contributed by atoms with Gasteiger partial charge in [-0.2, -0.15) is 0 Å². The summed E-state index contributed by atoms with van der Waals surface area (Å²) in [4.78, 5) is 13.9. The Morgan fingerprint density at radius 3 is 2.52 bits per heavy atom. The van der Waals surface area contributed by atoms with Crippen LogP contribution in [0.25, 0.3) is 0 Å². The van der Waals surface area contributed by atoms with Crippen molar-refractivity contribution in [3.63, 3.8) is 0 Å². The fourth-order valence-corrected chi connectivity index (χ4v) is 3.66. The van der Waals surface area contributed by atoms with E-state index >= 15 is 0 Å². The van der Waals surface area contributed by atoms with Crippen molar-refractivity contribution in [1.29, 1.82) is 0 Å². The van der Waals surface area contributed by atoms with Crippen LogP contribution in [0.1, 0.15) is 11.1 Å². The lowest BCUT2D eigenvalue weighted by Gasteiger charge is -2.47. The lowest BCUT2D eigenvalue weighted by Crippen LogP contribution is -2.56. The van der Waals surface area contributed by atoms with Crippen LogP contribution >= 0.6 is 0 Å². The maximum absolute atomic E-state index is 11.6. The molecule has 0 saturated carbocycles. The standard InChI is InChI=1S/C22H24N2O3/c25-21-13-19(14-23-21)15-24-11-12-26-17-22(24,20-9-5-2-6-10-20)27-16-18-7-3-1-4-8-18/h1-10,13H,11-12,14-17H2,(H,23,25)/t22-/m1/s1. The molecule has 0 radical (unpaired) electrons. The molecule has 0 spiro atoms. The zero-order chi connectivity index (χ0) is 18.5. The number of nitrogens with zero attached hydrogens (tertiary/aromatic N) is 1. The Labute approximate surface area is 159 Å². The Hall–Kier alpha value is -2.47. The second-order valence-electron chi connectivity index (χ2n) is 6.92. The van der Waals surface area contributed by atoms with E-state index in [0.717, 1.165) is 23.2 Å². The molecule has 2 aliphatic rings. The predicted molar refractivity (Wildman–Crippen MR) is 103 cm³/mol. The monoisotopic (exact) mass is 364 g/mol. The van der Waals surface area contributed by atoms with Crippen LogP contribution < -0.4 is 5.32 Å². The molecule has 0 aromatic heterocycles. The van der Waals surface area contributed by atoms with Gasteiger partial charge in [0.1, 0.15) is 0 Å². The quantitative estimate of drug-likeness (QED) is 0.855. The van der Waals surface area contributed by atoms with Gasteiger partial charge in [-0.15, -0.1) is 0 Å². The van der Waals surface area contributed by atoms with E-state index in [9.17, 15) is 4.79 Å². The minimum Gasteiger partial charge on any atom is -0.375 e. The minimum absolute atomic E-state index is 0.0197. The number of benzene rings is 2. The van der Waals surface area contributed by atoms with Crippen LogP contribution in [0.2, 0.25) is 0 Å². The van der Waals surface area contributed by atoms with Crippen molar-refractivity contribution in [3.8, 4) is 0 Å². The van der Waals surface area contributed by atoms with Crippen molar-refractivity contribution >= 4 is 5.91 Å². The van der Waals surface area contributed by atoms with Crippen LogP contribution in [-0.2, 0) is 26.6 Å². The fourth-order valence-electron chi connectivity index (χ4n) is 3.66. The van der Waals surface area contributed by atoms with Crippen LogP contribution in [0.5, 0.6) is 0 Å². The number of ether oxygens (including phenoxy) is 2. The van der Waals surface area contributed by atoms with Gasteiger partial charge in [0.25, 0.3) is 0 Å². The summed E-state index contributed by atoms with van der Waals surface area (Å²) < 4.78 is 12.4. The number of carbonyl (C=O) groups excluding carboxylic acids is 1. The second-order valence-corrected chi connectivity index (χ2v) is 6.92. The van der Waals surface area contributed by atoms with Crippen LogP contribution in [0.3, 0.4) is 0 Å². The van der Waals surface area contributed by atoms with Crippen molar-refractivity contribution in [1.82, 2.24) is 10.2 Å². The maximum Gasteiger partial charge on any atom is 0.244 e. The number of hydrogen-bond donors (Lipinski definition) is 1. The van der Waals surface area contributed by atoms with E-state index in [1.165, 1.54) is 0 Å². The summed E-state index contributed by atoms with van der Waals surface area (Å²) in [6, 6.07) is 20.4.